The number of carbonyl (C=O) groups is 1. The summed E-state index contributed by atoms with van der Waals surface area (Å²) in [6.45, 7) is 1.81. The van der Waals surface area contributed by atoms with Crippen LogP contribution in [0.25, 0.3) is 0 Å². The lowest BCUT2D eigenvalue weighted by Gasteiger charge is -2.07. The lowest BCUT2D eigenvalue weighted by molar-refractivity contribution is -0.116. The average Bonchev–Trinajstić information content (AvgIpc) is 2.28. The third kappa shape index (κ3) is 4.88. The summed E-state index contributed by atoms with van der Waals surface area (Å²) in [4.78, 5) is 15.6. The molecule has 0 unspecified atom stereocenters. The van der Waals surface area contributed by atoms with Crippen LogP contribution in [0.2, 0.25) is 5.15 Å². The lowest BCUT2D eigenvalue weighted by atomic mass is 10.2. The molecule has 1 N–H and O–H groups in total. The number of pyridine rings is 1. The van der Waals surface area contributed by atoms with Crippen LogP contribution >= 0.6 is 11.6 Å². The van der Waals surface area contributed by atoms with Crippen LogP contribution in [0.5, 0.6) is 0 Å². The van der Waals surface area contributed by atoms with Crippen molar-refractivity contribution in [2.75, 3.05) is 5.32 Å². The van der Waals surface area contributed by atoms with Crippen LogP contribution < -0.4 is 5.32 Å². The monoisotopic (exact) mass is 250 g/mol. The number of nitrogens with one attached hydrogen (secondary N) is 1. The van der Waals surface area contributed by atoms with Gasteiger partial charge in [-0.15, -0.1) is 12.3 Å². The highest BCUT2D eigenvalue weighted by atomic mass is 35.5. The van der Waals surface area contributed by atoms with E-state index in [-0.39, 0.29) is 5.91 Å². The predicted molar refractivity (Wildman–Crippen MR) is 69.9 cm³/mol. The highest BCUT2D eigenvalue weighted by molar-refractivity contribution is 6.29. The second kappa shape index (κ2) is 6.93. The van der Waals surface area contributed by atoms with E-state index < -0.39 is 0 Å². The molecule has 0 spiro atoms. The number of carbonyl (C=O) groups excluding carboxylic acids is 1. The van der Waals surface area contributed by atoms with Gasteiger partial charge in [-0.1, -0.05) is 11.6 Å². The Morgan fingerprint density at radius 1 is 1.53 bits per heavy atom. The van der Waals surface area contributed by atoms with Crippen molar-refractivity contribution < 1.29 is 4.79 Å². The molecule has 0 radical (unpaired) electrons. The fourth-order valence-electron chi connectivity index (χ4n) is 1.39. The van der Waals surface area contributed by atoms with Crippen molar-refractivity contribution >= 4 is 23.2 Å². The van der Waals surface area contributed by atoms with E-state index in [0.29, 0.717) is 17.3 Å². The summed E-state index contributed by atoms with van der Waals surface area (Å²) in [5.74, 6) is 2.53. The van der Waals surface area contributed by atoms with Gasteiger partial charge >= 0.3 is 0 Å². The van der Waals surface area contributed by atoms with E-state index in [9.17, 15) is 4.79 Å². The molecule has 1 amide bonds. The molecule has 0 atom stereocenters. The van der Waals surface area contributed by atoms with E-state index >= 15 is 0 Å². The second-order valence-corrected chi connectivity index (χ2v) is 4.11. The van der Waals surface area contributed by atoms with E-state index in [2.05, 4.69) is 16.2 Å². The summed E-state index contributed by atoms with van der Waals surface area (Å²) in [5, 5.41) is 3.23. The Labute approximate surface area is 107 Å². The van der Waals surface area contributed by atoms with Gasteiger partial charge in [-0.3, -0.25) is 4.79 Å². The largest absolute Gasteiger partial charge is 0.325 e. The Morgan fingerprint density at radius 3 is 2.94 bits per heavy atom. The molecule has 1 aromatic rings. The van der Waals surface area contributed by atoms with Crippen LogP contribution in [0.4, 0.5) is 5.69 Å². The number of halogens is 1. The SMILES string of the molecule is C#CCCCCC(=O)Nc1ccc(Cl)nc1C. The minimum atomic E-state index is -0.0192. The number of terminal acetylenes is 1. The van der Waals surface area contributed by atoms with Crippen molar-refractivity contribution in [2.45, 2.75) is 32.6 Å². The number of hydrogen-bond acceptors (Lipinski definition) is 2. The molecule has 3 nitrogen and oxygen atoms in total. The summed E-state index contributed by atoms with van der Waals surface area (Å²) >= 11 is 5.73. The third-order valence-corrected chi connectivity index (χ3v) is 2.51. The Hall–Kier alpha value is -1.53. The normalized spacial score (nSPS) is 9.71. The molecule has 1 aromatic heterocycles. The van der Waals surface area contributed by atoms with E-state index in [0.717, 1.165) is 25.0 Å². The summed E-state index contributed by atoms with van der Waals surface area (Å²) < 4.78 is 0. The first kappa shape index (κ1) is 13.5. The zero-order valence-electron chi connectivity index (χ0n) is 9.79. The number of rotatable bonds is 5. The molecule has 1 rings (SSSR count). The van der Waals surface area contributed by atoms with E-state index in [1.165, 1.54) is 0 Å². The van der Waals surface area contributed by atoms with Crippen LogP contribution in [0.1, 0.15) is 31.4 Å². The van der Waals surface area contributed by atoms with Gasteiger partial charge in [0.2, 0.25) is 5.91 Å². The van der Waals surface area contributed by atoms with Crippen LogP contribution in [0, 0.1) is 19.3 Å². The molecular weight excluding hydrogens is 236 g/mol. The minimum absolute atomic E-state index is 0.0192. The Morgan fingerprint density at radius 2 is 2.29 bits per heavy atom. The first-order valence-corrected chi connectivity index (χ1v) is 5.87. The van der Waals surface area contributed by atoms with Crippen molar-refractivity contribution in [1.82, 2.24) is 4.98 Å². The van der Waals surface area contributed by atoms with E-state index in [4.69, 9.17) is 18.0 Å². The van der Waals surface area contributed by atoms with Crippen molar-refractivity contribution in [3.63, 3.8) is 0 Å². The number of aryl methyl sites for hydroxylation is 1. The first-order chi connectivity index (χ1) is 8.13. The molecule has 17 heavy (non-hydrogen) atoms. The zero-order valence-corrected chi connectivity index (χ0v) is 10.5. The number of anilines is 1. The van der Waals surface area contributed by atoms with Gasteiger partial charge in [0.15, 0.2) is 0 Å². The smallest absolute Gasteiger partial charge is 0.224 e. The average molecular weight is 251 g/mol. The second-order valence-electron chi connectivity index (χ2n) is 3.73. The number of unbranched alkanes of at least 4 members (excludes halogenated alkanes) is 2. The fourth-order valence-corrected chi connectivity index (χ4v) is 1.58. The molecule has 0 bridgehead atoms. The van der Waals surface area contributed by atoms with Gasteiger partial charge in [0, 0.05) is 12.8 Å². The first-order valence-electron chi connectivity index (χ1n) is 5.50. The van der Waals surface area contributed by atoms with E-state index in [1.54, 1.807) is 19.1 Å². The quantitative estimate of drug-likeness (QED) is 0.495. The van der Waals surface area contributed by atoms with Gasteiger partial charge in [0.05, 0.1) is 11.4 Å². The van der Waals surface area contributed by atoms with Crippen LogP contribution in [-0.2, 0) is 4.79 Å². The van der Waals surface area contributed by atoms with Gasteiger partial charge in [-0.2, -0.15) is 0 Å². The third-order valence-electron chi connectivity index (χ3n) is 2.30. The molecule has 90 valence electrons. The Balaban J connectivity index is 2.43. The maximum absolute atomic E-state index is 11.6. The fraction of sp³-hybridized carbons (Fsp3) is 0.385. The minimum Gasteiger partial charge on any atom is -0.325 e. The topological polar surface area (TPSA) is 42.0 Å². The molecule has 0 aliphatic carbocycles. The summed E-state index contributed by atoms with van der Waals surface area (Å²) in [6.07, 6.45) is 8.00. The lowest BCUT2D eigenvalue weighted by Crippen LogP contribution is -2.12. The molecule has 0 fully saturated rings. The molecule has 0 aromatic carbocycles. The maximum Gasteiger partial charge on any atom is 0.224 e. The highest BCUT2D eigenvalue weighted by Crippen LogP contribution is 2.16. The molecular formula is C13H15ClN2O. The van der Waals surface area contributed by atoms with Gasteiger partial charge in [0.25, 0.3) is 0 Å². The number of hydrogen-bond donors (Lipinski definition) is 1. The Kier molecular flexibility index (Phi) is 5.51. The highest BCUT2D eigenvalue weighted by Gasteiger charge is 2.05. The van der Waals surface area contributed by atoms with E-state index in [1.807, 2.05) is 0 Å². The molecule has 1 heterocycles. The standard InChI is InChI=1S/C13H15ClN2O/c1-3-4-5-6-7-13(17)16-11-8-9-12(14)15-10(11)2/h1,8-9H,4-7H2,2H3,(H,16,17). The van der Waals surface area contributed by atoms with Crippen molar-refractivity contribution in [2.24, 2.45) is 0 Å². The van der Waals surface area contributed by atoms with Gasteiger partial charge in [0.1, 0.15) is 5.15 Å². The number of amides is 1. The summed E-state index contributed by atoms with van der Waals surface area (Å²) in [5.41, 5.74) is 1.42. The van der Waals surface area contributed by atoms with Crippen molar-refractivity contribution in [1.29, 1.82) is 0 Å². The van der Waals surface area contributed by atoms with Crippen LogP contribution in [0.15, 0.2) is 12.1 Å². The number of aromatic nitrogens is 1. The van der Waals surface area contributed by atoms with Gasteiger partial charge in [-0.25, -0.2) is 4.98 Å². The summed E-state index contributed by atoms with van der Waals surface area (Å²) in [6, 6.07) is 3.41. The van der Waals surface area contributed by atoms with Crippen LogP contribution in [-0.4, -0.2) is 10.9 Å². The molecule has 0 saturated carbocycles. The van der Waals surface area contributed by atoms with Crippen LogP contribution in [0.3, 0.4) is 0 Å². The molecule has 0 aliphatic heterocycles. The van der Waals surface area contributed by atoms with Gasteiger partial charge < -0.3 is 5.32 Å². The predicted octanol–water partition coefficient (Wildman–Crippen LogP) is 3.18. The maximum atomic E-state index is 11.6. The zero-order chi connectivity index (χ0) is 12.7. The molecule has 0 saturated heterocycles. The van der Waals surface area contributed by atoms with Crippen molar-refractivity contribution in [3.8, 4) is 12.3 Å². The number of nitrogens with zero attached hydrogens (tertiary/aromatic N) is 1. The Bertz CT molecular complexity index is 438. The molecule has 0 aliphatic rings. The summed E-state index contributed by atoms with van der Waals surface area (Å²) in [7, 11) is 0. The molecule has 4 heteroatoms. The van der Waals surface area contributed by atoms with Gasteiger partial charge in [-0.05, 0) is 31.9 Å². The van der Waals surface area contributed by atoms with Crippen molar-refractivity contribution in [3.05, 3.63) is 23.0 Å².